The third-order valence-corrected chi connectivity index (χ3v) is 3.99. The molecule has 0 aromatic heterocycles. The van der Waals surface area contributed by atoms with Crippen LogP contribution in [0.15, 0.2) is 12.1 Å². The number of rotatable bonds is 5. The fraction of sp³-hybridized carbons (Fsp3) is 0.467. The number of aliphatic carboxylic acids is 1. The number of piperidine rings is 1. The summed E-state index contributed by atoms with van der Waals surface area (Å²) in [5, 5.41) is 20.4. The number of nitro groups is 1. The van der Waals surface area contributed by atoms with E-state index < -0.39 is 28.4 Å². The minimum Gasteiger partial charge on any atom is -0.493 e. The van der Waals surface area contributed by atoms with E-state index in [2.05, 4.69) is 0 Å². The number of ether oxygens (including phenoxy) is 2. The van der Waals surface area contributed by atoms with Gasteiger partial charge in [0.2, 0.25) is 0 Å². The van der Waals surface area contributed by atoms with Crippen LogP contribution in [0.5, 0.6) is 11.5 Å². The van der Waals surface area contributed by atoms with Crippen LogP contribution in [-0.2, 0) is 4.79 Å². The molecule has 1 aliphatic rings. The lowest BCUT2D eigenvalue weighted by atomic mass is 9.97. The van der Waals surface area contributed by atoms with Crippen molar-refractivity contribution in [2.24, 2.45) is 5.92 Å². The molecule has 9 nitrogen and oxygen atoms in total. The van der Waals surface area contributed by atoms with Crippen LogP contribution in [0.25, 0.3) is 0 Å². The summed E-state index contributed by atoms with van der Waals surface area (Å²) in [5.74, 6) is -1.90. The number of carboxylic acids is 1. The van der Waals surface area contributed by atoms with Gasteiger partial charge >= 0.3 is 5.97 Å². The van der Waals surface area contributed by atoms with E-state index >= 15 is 0 Å². The van der Waals surface area contributed by atoms with Crippen LogP contribution in [0.2, 0.25) is 0 Å². The molecule has 1 heterocycles. The fourth-order valence-corrected chi connectivity index (χ4v) is 2.72. The largest absolute Gasteiger partial charge is 0.493 e. The molecule has 1 N–H and O–H groups in total. The fourth-order valence-electron chi connectivity index (χ4n) is 2.72. The quantitative estimate of drug-likeness (QED) is 0.639. The molecule has 0 spiro atoms. The summed E-state index contributed by atoms with van der Waals surface area (Å²) in [7, 11) is 2.70. The van der Waals surface area contributed by atoms with Crippen LogP contribution in [0.3, 0.4) is 0 Å². The summed E-state index contributed by atoms with van der Waals surface area (Å²) >= 11 is 0. The summed E-state index contributed by atoms with van der Waals surface area (Å²) in [4.78, 5) is 35.8. The lowest BCUT2D eigenvalue weighted by Gasteiger charge is -2.30. The van der Waals surface area contributed by atoms with Gasteiger partial charge in [-0.1, -0.05) is 0 Å². The van der Waals surface area contributed by atoms with Crippen molar-refractivity contribution in [1.29, 1.82) is 0 Å². The molecule has 1 atom stereocenters. The predicted octanol–water partition coefficient (Wildman–Crippen LogP) is 1.55. The van der Waals surface area contributed by atoms with E-state index in [9.17, 15) is 19.7 Å². The van der Waals surface area contributed by atoms with Gasteiger partial charge in [-0.25, -0.2) is 0 Å². The van der Waals surface area contributed by atoms with Gasteiger partial charge in [0.15, 0.2) is 11.5 Å². The first-order chi connectivity index (χ1) is 11.4. The minimum atomic E-state index is -0.977. The molecular weight excluding hydrogens is 320 g/mol. The van der Waals surface area contributed by atoms with Crippen molar-refractivity contribution >= 4 is 17.6 Å². The first-order valence-corrected chi connectivity index (χ1v) is 7.31. The second-order valence-corrected chi connectivity index (χ2v) is 5.41. The Kier molecular flexibility index (Phi) is 5.22. The van der Waals surface area contributed by atoms with Gasteiger partial charge in [-0.05, 0) is 12.8 Å². The molecule has 24 heavy (non-hydrogen) atoms. The molecule has 1 saturated heterocycles. The topological polar surface area (TPSA) is 119 Å². The number of carbonyl (C=O) groups is 2. The zero-order chi connectivity index (χ0) is 17.9. The van der Waals surface area contributed by atoms with Crippen LogP contribution < -0.4 is 9.47 Å². The van der Waals surface area contributed by atoms with E-state index in [-0.39, 0.29) is 23.6 Å². The number of carbonyl (C=O) groups excluding carboxylic acids is 1. The second-order valence-electron chi connectivity index (χ2n) is 5.41. The van der Waals surface area contributed by atoms with Crippen molar-refractivity contribution < 1.29 is 29.1 Å². The smallest absolute Gasteiger partial charge is 0.308 e. The maximum atomic E-state index is 12.7. The summed E-state index contributed by atoms with van der Waals surface area (Å²) in [5.41, 5.74) is -0.557. The van der Waals surface area contributed by atoms with Gasteiger partial charge in [0, 0.05) is 19.2 Å². The number of hydrogen-bond acceptors (Lipinski definition) is 6. The first-order valence-electron chi connectivity index (χ1n) is 7.31. The monoisotopic (exact) mass is 338 g/mol. The van der Waals surface area contributed by atoms with E-state index in [4.69, 9.17) is 14.6 Å². The zero-order valence-electron chi connectivity index (χ0n) is 13.4. The molecule has 1 unspecified atom stereocenters. The standard InChI is InChI=1S/C15H18N2O7/c1-23-12-6-10(11(17(21)22)7-13(12)24-2)14(18)16-5-3-4-9(8-16)15(19)20/h6-7,9H,3-5,8H2,1-2H3,(H,19,20). The number of amides is 1. The third kappa shape index (κ3) is 3.39. The van der Waals surface area contributed by atoms with Crippen molar-refractivity contribution in [2.45, 2.75) is 12.8 Å². The molecule has 1 aromatic carbocycles. The average Bonchev–Trinajstić information content (AvgIpc) is 2.59. The van der Waals surface area contributed by atoms with Gasteiger partial charge in [-0.15, -0.1) is 0 Å². The molecular formula is C15H18N2O7. The SMILES string of the molecule is COc1cc(C(=O)N2CCCC(C(=O)O)C2)c([N+](=O)[O-])cc1OC. The number of carboxylic acid groups (broad SMARTS) is 1. The second kappa shape index (κ2) is 7.16. The summed E-state index contributed by atoms with van der Waals surface area (Å²) in [6, 6.07) is 2.38. The molecule has 0 aliphatic carbocycles. The Morgan fingerprint density at radius 2 is 1.92 bits per heavy atom. The van der Waals surface area contributed by atoms with Gasteiger partial charge in [-0.2, -0.15) is 0 Å². The van der Waals surface area contributed by atoms with Crippen molar-refractivity contribution in [1.82, 2.24) is 4.90 Å². The van der Waals surface area contributed by atoms with E-state index in [0.29, 0.717) is 19.4 Å². The van der Waals surface area contributed by atoms with Gasteiger partial charge in [0.05, 0.1) is 31.1 Å². The van der Waals surface area contributed by atoms with E-state index in [1.54, 1.807) is 0 Å². The Morgan fingerprint density at radius 3 is 2.46 bits per heavy atom. The van der Waals surface area contributed by atoms with Gasteiger partial charge in [-0.3, -0.25) is 19.7 Å². The molecule has 130 valence electrons. The molecule has 1 aromatic rings. The molecule has 0 saturated carbocycles. The molecule has 1 fully saturated rings. The van der Waals surface area contributed by atoms with Crippen molar-refractivity contribution in [3.8, 4) is 11.5 Å². The van der Waals surface area contributed by atoms with Crippen LogP contribution in [-0.4, -0.2) is 54.1 Å². The highest BCUT2D eigenvalue weighted by Crippen LogP contribution is 2.35. The van der Waals surface area contributed by atoms with E-state index in [0.717, 1.165) is 6.07 Å². The molecule has 0 radical (unpaired) electrons. The highest BCUT2D eigenvalue weighted by molar-refractivity contribution is 5.99. The Hall–Kier alpha value is -2.84. The molecule has 0 bridgehead atoms. The Balaban J connectivity index is 2.40. The van der Waals surface area contributed by atoms with E-state index in [1.807, 2.05) is 0 Å². The maximum Gasteiger partial charge on any atom is 0.308 e. The van der Waals surface area contributed by atoms with Crippen molar-refractivity contribution in [3.63, 3.8) is 0 Å². The zero-order valence-corrected chi connectivity index (χ0v) is 13.4. The summed E-state index contributed by atoms with van der Waals surface area (Å²) in [6.07, 6.45) is 1.01. The Labute approximate surface area is 137 Å². The van der Waals surface area contributed by atoms with Crippen LogP contribution in [0.1, 0.15) is 23.2 Å². The number of methoxy groups -OCH3 is 2. The highest BCUT2D eigenvalue weighted by Gasteiger charge is 2.32. The van der Waals surface area contributed by atoms with Crippen LogP contribution in [0.4, 0.5) is 5.69 Å². The third-order valence-electron chi connectivity index (χ3n) is 3.99. The van der Waals surface area contributed by atoms with Gasteiger partial charge in [0.1, 0.15) is 5.56 Å². The molecule has 9 heteroatoms. The van der Waals surface area contributed by atoms with Gasteiger partial charge < -0.3 is 19.5 Å². The number of benzene rings is 1. The first kappa shape index (κ1) is 17.5. The van der Waals surface area contributed by atoms with E-state index in [1.165, 1.54) is 25.2 Å². The van der Waals surface area contributed by atoms with Gasteiger partial charge in [0.25, 0.3) is 11.6 Å². The normalized spacial score (nSPS) is 17.2. The van der Waals surface area contributed by atoms with Crippen LogP contribution >= 0.6 is 0 Å². The maximum absolute atomic E-state index is 12.7. The number of hydrogen-bond donors (Lipinski definition) is 1. The minimum absolute atomic E-state index is 0.0274. The summed E-state index contributed by atoms with van der Waals surface area (Å²) in [6.45, 7) is 0.383. The van der Waals surface area contributed by atoms with Crippen molar-refractivity contribution in [3.05, 3.63) is 27.8 Å². The summed E-state index contributed by atoms with van der Waals surface area (Å²) < 4.78 is 10.1. The lowest BCUT2D eigenvalue weighted by molar-refractivity contribution is -0.385. The lowest BCUT2D eigenvalue weighted by Crippen LogP contribution is -2.42. The molecule has 2 rings (SSSR count). The van der Waals surface area contributed by atoms with Crippen molar-refractivity contribution in [2.75, 3.05) is 27.3 Å². The number of nitro benzene ring substituents is 1. The Morgan fingerprint density at radius 1 is 1.29 bits per heavy atom. The predicted molar refractivity (Wildman–Crippen MR) is 82.5 cm³/mol. The average molecular weight is 338 g/mol. The molecule has 1 aliphatic heterocycles. The Bertz CT molecular complexity index is 674. The number of likely N-dealkylation sites (tertiary alicyclic amines) is 1. The van der Waals surface area contributed by atoms with Crippen LogP contribution in [0, 0.1) is 16.0 Å². The highest BCUT2D eigenvalue weighted by atomic mass is 16.6. The number of nitrogens with zero attached hydrogens (tertiary/aromatic N) is 2. The molecule has 1 amide bonds.